The molecule has 1 aliphatic heterocycles. The van der Waals surface area contributed by atoms with Crippen molar-refractivity contribution in [3.63, 3.8) is 0 Å². The van der Waals surface area contributed by atoms with E-state index in [4.69, 9.17) is 26.8 Å². The third-order valence-electron chi connectivity index (χ3n) is 4.34. The van der Waals surface area contributed by atoms with Gasteiger partial charge in [-0.25, -0.2) is 8.42 Å². The highest BCUT2D eigenvalue weighted by atomic mass is 35.5. The van der Waals surface area contributed by atoms with Gasteiger partial charge in [-0.2, -0.15) is 4.31 Å². The molecule has 0 radical (unpaired) electrons. The lowest BCUT2D eigenvalue weighted by molar-refractivity contribution is 0.0995. The molecule has 2 aromatic rings. The van der Waals surface area contributed by atoms with Crippen LogP contribution in [0.25, 0.3) is 0 Å². The molecular formula is C19H21ClN2O5S. The average molecular weight is 425 g/mol. The Labute approximate surface area is 169 Å². The third kappa shape index (κ3) is 4.76. The van der Waals surface area contributed by atoms with E-state index < -0.39 is 15.9 Å². The van der Waals surface area contributed by atoms with Crippen molar-refractivity contribution >= 4 is 27.5 Å². The van der Waals surface area contributed by atoms with Crippen LogP contribution in [0.1, 0.15) is 23.2 Å². The Kier molecular flexibility index (Phi) is 6.43. The van der Waals surface area contributed by atoms with Crippen LogP contribution in [-0.4, -0.2) is 44.9 Å². The first kappa shape index (κ1) is 20.4. The lowest BCUT2D eigenvalue weighted by Gasteiger charge is -2.17. The number of halogens is 1. The molecule has 0 atom stereocenters. The number of benzene rings is 2. The molecule has 28 heavy (non-hydrogen) atoms. The highest BCUT2D eigenvalue weighted by Gasteiger charge is 2.28. The van der Waals surface area contributed by atoms with Crippen LogP contribution in [0, 0.1) is 0 Å². The number of nitrogens with two attached hydrogens (primary N) is 1. The van der Waals surface area contributed by atoms with Gasteiger partial charge in [-0.1, -0.05) is 11.6 Å². The van der Waals surface area contributed by atoms with Crippen molar-refractivity contribution in [2.75, 3.05) is 26.3 Å². The maximum atomic E-state index is 12.7. The number of hydrogen-bond donors (Lipinski definition) is 1. The Morgan fingerprint density at radius 2 is 1.68 bits per heavy atom. The lowest BCUT2D eigenvalue weighted by Crippen LogP contribution is -2.28. The first-order chi connectivity index (χ1) is 13.4. The molecule has 0 unspecified atom stereocenters. The van der Waals surface area contributed by atoms with Crippen molar-refractivity contribution in [3.05, 3.63) is 53.1 Å². The van der Waals surface area contributed by atoms with E-state index in [9.17, 15) is 13.2 Å². The van der Waals surface area contributed by atoms with Crippen LogP contribution in [0.5, 0.6) is 11.5 Å². The maximum Gasteiger partial charge on any atom is 0.252 e. The summed E-state index contributed by atoms with van der Waals surface area (Å²) in [4.78, 5) is 11.8. The Balaban J connectivity index is 1.67. The first-order valence-corrected chi connectivity index (χ1v) is 10.6. The van der Waals surface area contributed by atoms with Gasteiger partial charge in [0.25, 0.3) is 5.91 Å². The second-order valence-corrected chi connectivity index (χ2v) is 8.66. The second kappa shape index (κ2) is 8.81. The van der Waals surface area contributed by atoms with Gasteiger partial charge in [0, 0.05) is 18.1 Å². The number of carbonyl (C=O) groups is 1. The molecule has 0 spiro atoms. The quantitative estimate of drug-likeness (QED) is 0.657. The predicted octanol–water partition coefficient (Wildman–Crippen LogP) is 2.68. The zero-order valence-corrected chi connectivity index (χ0v) is 16.7. The van der Waals surface area contributed by atoms with Gasteiger partial charge in [0.05, 0.1) is 10.5 Å². The van der Waals surface area contributed by atoms with E-state index in [0.717, 1.165) is 12.8 Å². The van der Waals surface area contributed by atoms with E-state index in [1.165, 1.54) is 22.5 Å². The van der Waals surface area contributed by atoms with Crippen LogP contribution < -0.4 is 15.2 Å². The van der Waals surface area contributed by atoms with E-state index in [2.05, 4.69) is 0 Å². The zero-order valence-electron chi connectivity index (χ0n) is 15.1. The van der Waals surface area contributed by atoms with Gasteiger partial charge in [0.15, 0.2) is 0 Å². The minimum absolute atomic E-state index is 0.0202. The topological polar surface area (TPSA) is 98.9 Å². The largest absolute Gasteiger partial charge is 0.490 e. The number of ether oxygens (including phenoxy) is 2. The van der Waals surface area contributed by atoms with Crippen LogP contribution in [0.15, 0.2) is 47.4 Å². The van der Waals surface area contributed by atoms with Crippen LogP contribution in [-0.2, 0) is 10.0 Å². The molecule has 3 rings (SSSR count). The SMILES string of the molecule is NC(=O)c1cc(S(=O)(=O)N2CCCC2)ccc1OCCOc1ccc(Cl)cc1. The van der Waals surface area contributed by atoms with Crippen molar-refractivity contribution in [1.29, 1.82) is 0 Å². The van der Waals surface area contributed by atoms with E-state index in [0.29, 0.717) is 23.9 Å². The molecular weight excluding hydrogens is 404 g/mol. The first-order valence-electron chi connectivity index (χ1n) is 8.83. The molecule has 1 heterocycles. The van der Waals surface area contributed by atoms with E-state index in [-0.39, 0.29) is 29.4 Å². The summed E-state index contributed by atoms with van der Waals surface area (Å²) in [6.45, 7) is 1.35. The summed E-state index contributed by atoms with van der Waals surface area (Å²) in [6.07, 6.45) is 1.66. The normalized spacial score (nSPS) is 14.8. The van der Waals surface area contributed by atoms with Gasteiger partial charge in [-0.15, -0.1) is 0 Å². The van der Waals surface area contributed by atoms with E-state index in [1.54, 1.807) is 24.3 Å². The molecule has 0 aliphatic carbocycles. The Hall–Kier alpha value is -2.29. The Bertz CT molecular complexity index is 941. The minimum Gasteiger partial charge on any atom is -0.490 e. The average Bonchev–Trinajstić information content (AvgIpc) is 3.22. The maximum absolute atomic E-state index is 12.7. The number of primary amides is 1. The number of nitrogens with zero attached hydrogens (tertiary/aromatic N) is 1. The van der Waals surface area contributed by atoms with Crippen molar-refractivity contribution in [2.45, 2.75) is 17.7 Å². The fourth-order valence-electron chi connectivity index (χ4n) is 2.91. The Morgan fingerprint density at radius 3 is 2.32 bits per heavy atom. The van der Waals surface area contributed by atoms with Crippen LogP contribution in [0.4, 0.5) is 0 Å². The van der Waals surface area contributed by atoms with Crippen molar-refractivity contribution < 1.29 is 22.7 Å². The highest BCUT2D eigenvalue weighted by molar-refractivity contribution is 7.89. The number of rotatable bonds is 8. The fraction of sp³-hybridized carbons (Fsp3) is 0.316. The zero-order chi connectivity index (χ0) is 20.1. The number of carbonyl (C=O) groups excluding carboxylic acids is 1. The van der Waals surface area contributed by atoms with Gasteiger partial charge in [0.2, 0.25) is 10.0 Å². The Morgan fingerprint density at radius 1 is 1.04 bits per heavy atom. The van der Waals surface area contributed by atoms with Gasteiger partial charge in [-0.05, 0) is 55.3 Å². The summed E-state index contributed by atoms with van der Waals surface area (Å²) in [5.74, 6) is 0.0925. The van der Waals surface area contributed by atoms with Crippen LogP contribution >= 0.6 is 11.6 Å². The van der Waals surface area contributed by atoms with Gasteiger partial charge < -0.3 is 15.2 Å². The molecule has 2 N–H and O–H groups in total. The number of hydrogen-bond acceptors (Lipinski definition) is 5. The van der Waals surface area contributed by atoms with Gasteiger partial charge in [0.1, 0.15) is 24.7 Å². The molecule has 0 saturated carbocycles. The van der Waals surface area contributed by atoms with Crippen LogP contribution in [0.2, 0.25) is 5.02 Å². The molecule has 150 valence electrons. The molecule has 0 aromatic heterocycles. The van der Waals surface area contributed by atoms with Crippen molar-refractivity contribution in [1.82, 2.24) is 4.31 Å². The predicted molar refractivity (Wildman–Crippen MR) is 105 cm³/mol. The molecule has 9 heteroatoms. The van der Waals surface area contributed by atoms with Crippen LogP contribution in [0.3, 0.4) is 0 Å². The van der Waals surface area contributed by atoms with Gasteiger partial charge in [-0.3, -0.25) is 4.79 Å². The minimum atomic E-state index is -3.64. The monoisotopic (exact) mass is 424 g/mol. The number of sulfonamides is 1. The summed E-state index contributed by atoms with van der Waals surface area (Å²) < 4.78 is 37.8. The third-order valence-corrected chi connectivity index (χ3v) is 6.49. The molecule has 7 nitrogen and oxygen atoms in total. The van der Waals surface area contributed by atoms with E-state index in [1.807, 2.05) is 0 Å². The molecule has 0 bridgehead atoms. The lowest BCUT2D eigenvalue weighted by atomic mass is 10.2. The second-order valence-electron chi connectivity index (χ2n) is 6.28. The summed E-state index contributed by atoms with van der Waals surface area (Å²) in [5.41, 5.74) is 5.44. The van der Waals surface area contributed by atoms with E-state index >= 15 is 0 Å². The van der Waals surface area contributed by atoms with Gasteiger partial charge >= 0.3 is 0 Å². The summed E-state index contributed by atoms with van der Waals surface area (Å²) in [7, 11) is -3.64. The molecule has 1 saturated heterocycles. The molecule has 2 aromatic carbocycles. The smallest absolute Gasteiger partial charge is 0.252 e. The number of amides is 1. The summed E-state index contributed by atoms with van der Waals surface area (Å²) in [6, 6.07) is 11.0. The summed E-state index contributed by atoms with van der Waals surface area (Å²) >= 11 is 5.82. The summed E-state index contributed by atoms with van der Waals surface area (Å²) in [5, 5.41) is 0.610. The highest BCUT2D eigenvalue weighted by Crippen LogP contribution is 2.26. The molecule has 1 amide bonds. The molecule has 1 fully saturated rings. The van der Waals surface area contributed by atoms with Crippen molar-refractivity contribution in [3.8, 4) is 11.5 Å². The fourth-order valence-corrected chi connectivity index (χ4v) is 4.58. The standard InChI is InChI=1S/C19H21ClN2O5S/c20-14-3-5-15(6-4-14)26-11-12-27-18-8-7-16(13-17(18)19(21)23)28(24,25)22-9-1-2-10-22/h3-8,13H,1-2,9-12H2,(H2,21,23). The molecule has 1 aliphatic rings. The van der Waals surface area contributed by atoms with Crippen molar-refractivity contribution in [2.24, 2.45) is 5.73 Å².